The molecule has 7 heteroatoms. The zero-order chi connectivity index (χ0) is 14.2. The summed E-state index contributed by atoms with van der Waals surface area (Å²) in [5, 5.41) is 0. The number of piperidine rings is 1. The zero-order valence-corrected chi connectivity index (χ0v) is 11.4. The lowest BCUT2D eigenvalue weighted by Crippen LogP contribution is -2.38. The van der Waals surface area contributed by atoms with Crippen molar-refractivity contribution in [1.82, 2.24) is 4.31 Å². The molecule has 1 fully saturated rings. The lowest BCUT2D eigenvalue weighted by Gasteiger charge is -2.29. The zero-order valence-electron chi connectivity index (χ0n) is 10.6. The van der Waals surface area contributed by atoms with Crippen LogP contribution in [0.5, 0.6) is 0 Å². The molecule has 0 aromatic heterocycles. The number of hydrogen-bond acceptors (Lipinski definition) is 3. The van der Waals surface area contributed by atoms with Crippen LogP contribution in [0.25, 0.3) is 0 Å². The van der Waals surface area contributed by atoms with Gasteiger partial charge in [-0.15, -0.1) is 0 Å². The Hall–Kier alpha value is -1.21. The third-order valence-corrected chi connectivity index (χ3v) is 5.28. The van der Waals surface area contributed by atoms with Gasteiger partial charge in [-0.25, -0.2) is 17.2 Å². The highest BCUT2D eigenvalue weighted by Crippen LogP contribution is 2.27. The van der Waals surface area contributed by atoms with Crippen molar-refractivity contribution in [2.45, 2.75) is 24.7 Å². The number of benzene rings is 1. The van der Waals surface area contributed by atoms with Crippen LogP contribution < -0.4 is 5.73 Å². The van der Waals surface area contributed by atoms with Gasteiger partial charge in [-0.3, -0.25) is 0 Å². The highest BCUT2D eigenvalue weighted by molar-refractivity contribution is 7.89. The summed E-state index contributed by atoms with van der Waals surface area (Å²) in [5.41, 5.74) is 5.28. The highest BCUT2D eigenvalue weighted by atomic mass is 32.2. The van der Waals surface area contributed by atoms with Crippen LogP contribution in [0.2, 0.25) is 0 Å². The first-order chi connectivity index (χ1) is 8.82. The van der Waals surface area contributed by atoms with Crippen LogP contribution in [-0.2, 0) is 10.0 Å². The first-order valence-corrected chi connectivity index (χ1v) is 7.51. The minimum atomic E-state index is -4.02. The summed E-state index contributed by atoms with van der Waals surface area (Å²) in [6.45, 7) is 2.67. The van der Waals surface area contributed by atoms with Gasteiger partial charge >= 0.3 is 0 Å². The predicted molar refractivity (Wildman–Crippen MR) is 67.9 cm³/mol. The number of sulfonamides is 1. The molecule has 1 aromatic carbocycles. The van der Waals surface area contributed by atoms with Crippen molar-refractivity contribution in [3.05, 3.63) is 23.8 Å². The fraction of sp³-hybridized carbons (Fsp3) is 0.500. The van der Waals surface area contributed by atoms with Crippen molar-refractivity contribution >= 4 is 15.7 Å². The van der Waals surface area contributed by atoms with Gasteiger partial charge in [0.1, 0.15) is 4.90 Å². The molecule has 106 valence electrons. The molecule has 1 aliphatic rings. The number of nitrogens with zero attached hydrogens (tertiary/aromatic N) is 1. The maximum absolute atomic E-state index is 13.7. The van der Waals surface area contributed by atoms with Gasteiger partial charge in [0, 0.05) is 18.8 Å². The van der Waals surface area contributed by atoms with E-state index in [1.54, 1.807) is 0 Å². The molecule has 0 spiro atoms. The Bertz CT molecular complexity index is 582. The molecular formula is C12H16F2N2O2S. The van der Waals surface area contributed by atoms with E-state index in [9.17, 15) is 17.2 Å². The van der Waals surface area contributed by atoms with Crippen LogP contribution in [-0.4, -0.2) is 25.8 Å². The SMILES string of the molecule is CC1CCN(S(=O)(=O)c2cc(N)cc(F)c2F)CC1. The van der Waals surface area contributed by atoms with Gasteiger partial charge in [-0.1, -0.05) is 6.92 Å². The first-order valence-electron chi connectivity index (χ1n) is 6.07. The second-order valence-electron chi connectivity index (χ2n) is 4.90. The number of halogens is 2. The van der Waals surface area contributed by atoms with Gasteiger partial charge in [0.25, 0.3) is 0 Å². The topological polar surface area (TPSA) is 63.4 Å². The maximum Gasteiger partial charge on any atom is 0.246 e. The monoisotopic (exact) mass is 290 g/mol. The van der Waals surface area contributed by atoms with Crippen molar-refractivity contribution in [2.24, 2.45) is 5.92 Å². The second kappa shape index (κ2) is 5.05. The average molecular weight is 290 g/mol. The molecule has 0 aliphatic carbocycles. The van der Waals surface area contributed by atoms with Crippen molar-refractivity contribution in [2.75, 3.05) is 18.8 Å². The molecule has 2 N–H and O–H groups in total. The van der Waals surface area contributed by atoms with Crippen LogP contribution in [0.1, 0.15) is 19.8 Å². The highest BCUT2D eigenvalue weighted by Gasteiger charge is 2.31. The minimum Gasteiger partial charge on any atom is -0.399 e. The van der Waals surface area contributed by atoms with E-state index in [1.807, 2.05) is 6.92 Å². The largest absolute Gasteiger partial charge is 0.399 e. The summed E-state index contributed by atoms with van der Waals surface area (Å²) in [4.78, 5) is -0.681. The predicted octanol–water partition coefficient (Wildman–Crippen LogP) is 1.97. The van der Waals surface area contributed by atoms with E-state index in [2.05, 4.69) is 0 Å². The minimum absolute atomic E-state index is 0.108. The van der Waals surface area contributed by atoms with Gasteiger partial charge in [0.05, 0.1) is 0 Å². The van der Waals surface area contributed by atoms with Gasteiger partial charge < -0.3 is 5.73 Å². The molecule has 0 amide bonds. The Morgan fingerprint density at radius 1 is 1.26 bits per heavy atom. The molecule has 2 rings (SSSR count). The second-order valence-corrected chi connectivity index (χ2v) is 6.81. The average Bonchev–Trinajstić information content (AvgIpc) is 2.34. The summed E-state index contributed by atoms with van der Waals surface area (Å²) in [5.74, 6) is -2.18. The summed E-state index contributed by atoms with van der Waals surface area (Å²) in [6.07, 6.45) is 1.43. The molecule has 0 unspecified atom stereocenters. The Balaban J connectivity index is 2.40. The summed E-state index contributed by atoms with van der Waals surface area (Å²) in [6, 6.07) is 1.73. The third-order valence-electron chi connectivity index (χ3n) is 3.38. The summed E-state index contributed by atoms with van der Waals surface area (Å²) in [7, 11) is -4.02. The summed E-state index contributed by atoms with van der Waals surface area (Å²) >= 11 is 0. The molecule has 0 saturated carbocycles. The molecule has 1 aliphatic heterocycles. The molecule has 1 heterocycles. The van der Waals surface area contributed by atoms with Crippen molar-refractivity contribution in [3.63, 3.8) is 0 Å². The maximum atomic E-state index is 13.7. The molecule has 0 atom stereocenters. The summed E-state index contributed by atoms with van der Waals surface area (Å²) < 4.78 is 52.7. The normalized spacial score (nSPS) is 18.7. The van der Waals surface area contributed by atoms with Crippen LogP contribution in [0.4, 0.5) is 14.5 Å². The van der Waals surface area contributed by atoms with E-state index in [0.717, 1.165) is 12.1 Å². The quantitative estimate of drug-likeness (QED) is 0.847. The standard InChI is InChI=1S/C12H16F2N2O2S/c1-8-2-4-16(5-3-8)19(17,18)11-7-9(15)6-10(13)12(11)14/h6-8H,2-5,15H2,1H3. The lowest BCUT2D eigenvalue weighted by atomic mass is 10.0. The number of nitrogen functional groups attached to an aromatic ring is 1. The van der Waals surface area contributed by atoms with E-state index in [1.165, 1.54) is 4.31 Å². The Morgan fingerprint density at radius 2 is 1.84 bits per heavy atom. The third kappa shape index (κ3) is 2.71. The fourth-order valence-corrected chi connectivity index (χ4v) is 3.71. The number of rotatable bonds is 2. The molecule has 0 bridgehead atoms. The van der Waals surface area contributed by atoms with Crippen LogP contribution >= 0.6 is 0 Å². The van der Waals surface area contributed by atoms with Crippen LogP contribution in [0, 0.1) is 17.6 Å². The van der Waals surface area contributed by atoms with E-state index in [-0.39, 0.29) is 5.69 Å². The van der Waals surface area contributed by atoms with Crippen molar-refractivity contribution in [1.29, 1.82) is 0 Å². The molecule has 0 radical (unpaired) electrons. The van der Waals surface area contributed by atoms with Crippen LogP contribution in [0.15, 0.2) is 17.0 Å². The Kier molecular flexibility index (Phi) is 3.78. The van der Waals surface area contributed by atoms with E-state index in [0.29, 0.717) is 31.8 Å². The Labute approximate surface area is 111 Å². The van der Waals surface area contributed by atoms with Gasteiger partial charge in [-0.2, -0.15) is 4.31 Å². The fourth-order valence-electron chi connectivity index (χ4n) is 2.14. The van der Waals surface area contributed by atoms with Crippen molar-refractivity contribution in [3.8, 4) is 0 Å². The molecule has 1 saturated heterocycles. The smallest absolute Gasteiger partial charge is 0.246 e. The van der Waals surface area contributed by atoms with Gasteiger partial charge in [0.15, 0.2) is 11.6 Å². The molecule has 19 heavy (non-hydrogen) atoms. The first kappa shape index (κ1) is 14.2. The number of nitrogens with two attached hydrogens (primary N) is 1. The van der Waals surface area contributed by atoms with E-state index >= 15 is 0 Å². The van der Waals surface area contributed by atoms with Crippen molar-refractivity contribution < 1.29 is 17.2 Å². The number of hydrogen-bond donors (Lipinski definition) is 1. The molecular weight excluding hydrogens is 274 g/mol. The molecule has 4 nitrogen and oxygen atoms in total. The molecule has 1 aromatic rings. The Morgan fingerprint density at radius 3 is 2.42 bits per heavy atom. The number of anilines is 1. The van der Waals surface area contributed by atoms with Gasteiger partial charge in [-0.05, 0) is 30.9 Å². The van der Waals surface area contributed by atoms with Gasteiger partial charge in [0.2, 0.25) is 10.0 Å². The van der Waals surface area contributed by atoms with E-state index in [4.69, 9.17) is 5.73 Å². The van der Waals surface area contributed by atoms with Crippen LogP contribution in [0.3, 0.4) is 0 Å². The van der Waals surface area contributed by atoms with E-state index < -0.39 is 26.6 Å². The lowest BCUT2D eigenvalue weighted by molar-refractivity contribution is 0.287.